The number of unbranched alkanes of at least 4 members (excludes halogenated alkanes) is 2. The Hall–Kier alpha value is -1.06. The number of nitrogens with zero attached hydrogens (tertiary/aromatic N) is 2. The van der Waals surface area contributed by atoms with Crippen molar-refractivity contribution in [2.24, 2.45) is 4.99 Å². The van der Waals surface area contributed by atoms with Gasteiger partial charge in [0.1, 0.15) is 0 Å². The first-order valence-electron chi connectivity index (χ1n) is 9.53. The summed E-state index contributed by atoms with van der Waals surface area (Å²) in [5.74, 6) is 1.09. The van der Waals surface area contributed by atoms with Crippen molar-refractivity contribution in [3.8, 4) is 0 Å². The highest BCUT2D eigenvalue weighted by Crippen LogP contribution is 2.22. The molecule has 0 aromatic heterocycles. The van der Waals surface area contributed by atoms with Crippen molar-refractivity contribution >= 4 is 17.5 Å². The minimum absolute atomic E-state index is 1.09. The smallest absolute Gasteiger partial charge is 0.0466 e. The summed E-state index contributed by atoms with van der Waals surface area (Å²) in [6, 6.07) is 10.8. The average Bonchev–Trinajstić information content (AvgIpc) is 2.63. The number of hydrogen-bond acceptors (Lipinski definition) is 3. The molecular formula is C21H30N2S. The first-order valence-corrected chi connectivity index (χ1v) is 10.6. The molecule has 2 aliphatic rings. The lowest BCUT2D eigenvalue weighted by atomic mass is 10.1. The molecule has 0 saturated carbocycles. The lowest BCUT2D eigenvalue weighted by molar-refractivity contribution is 0.258. The van der Waals surface area contributed by atoms with E-state index in [0.717, 1.165) is 18.7 Å². The third kappa shape index (κ3) is 6.10. The molecule has 0 atom stereocenters. The molecule has 1 fully saturated rings. The largest absolute Gasteiger partial charge is 0.298 e. The zero-order valence-corrected chi connectivity index (χ0v) is 15.6. The van der Waals surface area contributed by atoms with Gasteiger partial charge in [0.25, 0.3) is 0 Å². The normalized spacial score (nSPS) is 19.0. The second kappa shape index (κ2) is 10.0. The van der Waals surface area contributed by atoms with Crippen LogP contribution >= 0.6 is 11.8 Å². The van der Waals surface area contributed by atoms with Crippen molar-refractivity contribution in [2.75, 3.05) is 25.4 Å². The summed E-state index contributed by atoms with van der Waals surface area (Å²) in [5, 5.41) is 2.29. The summed E-state index contributed by atoms with van der Waals surface area (Å²) in [6.07, 6.45) is 10.3. The number of benzene rings is 1. The SMILES string of the molecule is C1=C(CCCCCc2ccccc2)N=C(CN2CCCCC2)CS1. The van der Waals surface area contributed by atoms with E-state index in [1.54, 1.807) is 0 Å². The van der Waals surface area contributed by atoms with E-state index in [0.29, 0.717) is 0 Å². The Labute approximate surface area is 151 Å². The number of hydrogen-bond donors (Lipinski definition) is 0. The van der Waals surface area contributed by atoms with Crippen LogP contribution < -0.4 is 0 Å². The molecule has 0 radical (unpaired) electrons. The molecule has 130 valence electrons. The fourth-order valence-corrected chi connectivity index (χ4v) is 4.32. The molecule has 3 heteroatoms. The number of aliphatic imine (C=N–C) groups is 1. The molecule has 0 aliphatic carbocycles. The zero-order valence-electron chi connectivity index (χ0n) is 14.8. The van der Waals surface area contributed by atoms with Gasteiger partial charge in [-0.25, -0.2) is 0 Å². The van der Waals surface area contributed by atoms with Crippen molar-refractivity contribution < 1.29 is 0 Å². The summed E-state index contributed by atoms with van der Waals surface area (Å²) in [5.41, 5.74) is 4.17. The Morgan fingerprint density at radius 2 is 1.71 bits per heavy atom. The summed E-state index contributed by atoms with van der Waals surface area (Å²) in [4.78, 5) is 7.54. The van der Waals surface area contributed by atoms with Gasteiger partial charge >= 0.3 is 0 Å². The highest BCUT2D eigenvalue weighted by molar-refractivity contribution is 8.02. The van der Waals surface area contributed by atoms with E-state index in [2.05, 4.69) is 40.6 Å². The van der Waals surface area contributed by atoms with E-state index >= 15 is 0 Å². The van der Waals surface area contributed by atoms with E-state index in [1.165, 1.54) is 75.0 Å². The molecule has 2 nitrogen and oxygen atoms in total. The monoisotopic (exact) mass is 342 g/mol. The third-order valence-corrected chi connectivity index (χ3v) is 5.81. The number of rotatable bonds is 8. The van der Waals surface area contributed by atoms with E-state index in [1.807, 2.05) is 11.8 Å². The Balaban J connectivity index is 1.35. The standard InChI is InChI=1S/C21H30N2S/c1-4-10-19(11-5-1)12-6-2-7-13-20-17-24-18-21(22-20)16-23-14-8-3-9-15-23/h1,4-5,10-11,17H,2-3,6-9,12-16,18H2. The number of aryl methyl sites for hydroxylation is 1. The van der Waals surface area contributed by atoms with Crippen LogP contribution in [0, 0.1) is 0 Å². The topological polar surface area (TPSA) is 15.6 Å². The van der Waals surface area contributed by atoms with Crippen molar-refractivity contribution in [2.45, 2.75) is 51.4 Å². The Morgan fingerprint density at radius 3 is 2.54 bits per heavy atom. The number of piperidine rings is 1. The van der Waals surface area contributed by atoms with Gasteiger partial charge in [-0.2, -0.15) is 0 Å². The molecule has 0 N–H and O–H groups in total. The maximum absolute atomic E-state index is 4.95. The van der Waals surface area contributed by atoms with Crippen LogP contribution in [-0.2, 0) is 6.42 Å². The molecular weight excluding hydrogens is 312 g/mol. The van der Waals surface area contributed by atoms with Gasteiger partial charge in [0, 0.05) is 23.7 Å². The average molecular weight is 343 g/mol. The van der Waals surface area contributed by atoms with Crippen LogP contribution in [-0.4, -0.2) is 36.0 Å². The van der Waals surface area contributed by atoms with Gasteiger partial charge in [-0.1, -0.05) is 43.2 Å². The Kier molecular flexibility index (Phi) is 7.43. The molecule has 1 aromatic rings. The van der Waals surface area contributed by atoms with Crippen molar-refractivity contribution in [1.29, 1.82) is 0 Å². The molecule has 3 rings (SSSR count). The van der Waals surface area contributed by atoms with Crippen LogP contribution in [0.3, 0.4) is 0 Å². The fourth-order valence-electron chi connectivity index (χ4n) is 3.52. The van der Waals surface area contributed by atoms with E-state index in [9.17, 15) is 0 Å². The van der Waals surface area contributed by atoms with Crippen LogP contribution in [0.1, 0.15) is 50.5 Å². The van der Waals surface area contributed by atoms with Crippen molar-refractivity contribution in [3.05, 3.63) is 47.0 Å². The van der Waals surface area contributed by atoms with Crippen molar-refractivity contribution in [1.82, 2.24) is 4.90 Å². The molecule has 0 unspecified atom stereocenters. The van der Waals surface area contributed by atoms with Crippen LogP contribution in [0.5, 0.6) is 0 Å². The number of thioether (sulfide) groups is 1. The quantitative estimate of drug-likeness (QED) is 0.595. The first kappa shape index (κ1) is 17.8. The summed E-state index contributed by atoms with van der Waals surface area (Å²) in [7, 11) is 0. The van der Waals surface area contributed by atoms with Gasteiger partial charge in [-0.3, -0.25) is 9.89 Å². The maximum Gasteiger partial charge on any atom is 0.0466 e. The van der Waals surface area contributed by atoms with Gasteiger partial charge in [0.15, 0.2) is 0 Å². The molecule has 1 aromatic carbocycles. The fraction of sp³-hybridized carbons (Fsp3) is 0.571. The first-order chi connectivity index (χ1) is 11.9. The molecule has 2 heterocycles. The molecule has 0 spiro atoms. The summed E-state index contributed by atoms with van der Waals surface area (Å²) < 4.78 is 0. The van der Waals surface area contributed by atoms with E-state index < -0.39 is 0 Å². The Bertz CT molecular complexity index is 544. The maximum atomic E-state index is 4.95. The second-order valence-electron chi connectivity index (χ2n) is 6.98. The predicted octanol–water partition coefficient (Wildman–Crippen LogP) is 5.30. The highest BCUT2D eigenvalue weighted by atomic mass is 32.2. The lowest BCUT2D eigenvalue weighted by Crippen LogP contribution is -2.35. The lowest BCUT2D eigenvalue weighted by Gasteiger charge is -2.27. The molecule has 1 saturated heterocycles. The molecule has 0 bridgehead atoms. The Morgan fingerprint density at radius 1 is 0.917 bits per heavy atom. The zero-order chi connectivity index (χ0) is 16.5. The molecule has 24 heavy (non-hydrogen) atoms. The molecule has 0 amide bonds. The van der Waals surface area contributed by atoms with E-state index in [4.69, 9.17) is 4.99 Å². The number of likely N-dealkylation sites (tertiary alicyclic amines) is 1. The van der Waals surface area contributed by atoms with Gasteiger partial charge in [0.05, 0.1) is 0 Å². The van der Waals surface area contributed by atoms with Gasteiger partial charge in [-0.15, -0.1) is 11.8 Å². The highest BCUT2D eigenvalue weighted by Gasteiger charge is 2.14. The molecule has 2 aliphatic heterocycles. The van der Waals surface area contributed by atoms with Gasteiger partial charge in [0.2, 0.25) is 0 Å². The van der Waals surface area contributed by atoms with Crippen LogP contribution in [0.2, 0.25) is 0 Å². The van der Waals surface area contributed by atoms with Gasteiger partial charge < -0.3 is 0 Å². The minimum Gasteiger partial charge on any atom is -0.298 e. The summed E-state index contributed by atoms with van der Waals surface area (Å²) >= 11 is 1.94. The van der Waals surface area contributed by atoms with E-state index in [-0.39, 0.29) is 0 Å². The van der Waals surface area contributed by atoms with Crippen LogP contribution in [0.15, 0.2) is 46.4 Å². The van der Waals surface area contributed by atoms with Crippen molar-refractivity contribution in [3.63, 3.8) is 0 Å². The van der Waals surface area contributed by atoms with Crippen LogP contribution in [0.4, 0.5) is 0 Å². The van der Waals surface area contributed by atoms with Crippen LogP contribution in [0.25, 0.3) is 0 Å². The summed E-state index contributed by atoms with van der Waals surface area (Å²) in [6.45, 7) is 3.63. The second-order valence-corrected chi connectivity index (χ2v) is 7.84. The minimum atomic E-state index is 1.09. The third-order valence-electron chi connectivity index (χ3n) is 4.87. The predicted molar refractivity (Wildman–Crippen MR) is 107 cm³/mol. The van der Waals surface area contributed by atoms with Gasteiger partial charge in [-0.05, 0) is 62.6 Å². The number of allylic oxidation sites excluding steroid dienone is 1.